The lowest BCUT2D eigenvalue weighted by Crippen LogP contribution is -2.22. The average molecular weight is 393 g/mol. The van der Waals surface area contributed by atoms with E-state index in [0.717, 1.165) is 23.5 Å². The molecule has 0 aliphatic rings. The molecule has 0 radical (unpaired) electrons. The van der Waals surface area contributed by atoms with Crippen LogP contribution in [-0.4, -0.2) is 26.3 Å². The van der Waals surface area contributed by atoms with Crippen molar-refractivity contribution in [2.45, 2.75) is 13.2 Å². The first-order chi connectivity index (χ1) is 12.0. The molecule has 25 heavy (non-hydrogen) atoms. The summed E-state index contributed by atoms with van der Waals surface area (Å²) in [5.41, 5.74) is 2.13. The van der Waals surface area contributed by atoms with Crippen molar-refractivity contribution in [2.24, 2.45) is 7.05 Å². The highest BCUT2D eigenvalue weighted by Gasteiger charge is 2.11. The molecule has 1 aromatic heterocycles. The summed E-state index contributed by atoms with van der Waals surface area (Å²) in [5, 5.41) is 5.81. The van der Waals surface area contributed by atoms with E-state index in [1.165, 1.54) is 0 Å². The normalized spacial score (nSPS) is 11.2. The highest BCUT2D eigenvalue weighted by molar-refractivity contribution is 7.71. The summed E-state index contributed by atoms with van der Waals surface area (Å²) >= 11 is 17.6. The maximum atomic E-state index is 6.09. The lowest BCUT2D eigenvalue weighted by atomic mass is 10.2. The number of aromatic nitrogens is 3. The molecule has 4 nitrogen and oxygen atoms in total. The summed E-state index contributed by atoms with van der Waals surface area (Å²) in [6, 6.07) is 15.7. The lowest BCUT2D eigenvalue weighted by Gasteiger charge is -2.16. The standard InChI is InChI=1S/C18H18Cl2N4S/c1-22(11-13-8-9-15(19)16(20)10-13)12-24-18(25)23(2)17(21-24)14-6-4-3-5-7-14/h3-10H,11-12H2,1-2H3. The number of benzene rings is 2. The molecule has 2 aromatic carbocycles. The molecule has 0 unspecified atom stereocenters. The van der Waals surface area contributed by atoms with Crippen LogP contribution >= 0.6 is 35.4 Å². The second kappa shape index (κ2) is 7.70. The van der Waals surface area contributed by atoms with Crippen molar-refractivity contribution in [1.82, 2.24) is 19.2 Å². The zero-order valence-corrected chi connectivity index (χ0v) is 16.3. The molecule has 0 aliphatic carbocycles. The van der Waals surface area contributed by atoms with Gasteiger partial charge in [-0.25, -0.2) is 4.68 Å². The molecule has 3 rings (SSSR count). The Balaban J connectivity index is 1.78. The first-order valence-corrected chi connectivity index (χ1v) is 8.94. The minimum Gasteiger partial charge on any atom is -0.303 e. The summed E-state index contributed by atoms with van der Waals surface area (Å²) in [5.74, 6) is 0.855. The number of halogens is 2. The van der Waals surface area contributed by atoms with Gasteiger partial charge < -0.3 is 4.57 Å². The van der Waals surface area contributed by atoms with Gasteiger partial charge in [0.25, 0.3) is 0 Å². The van der Waals surface area contributed by atoms with Crippen LogP contribution in [0.2, 0.25) is 10.0 Å². The molecule has 0 bridgehead atoms. The van der Waals surface area contributed by atoms with Crippen molar-refractivity contribution in [1.29, 1.82) is 0 Å². The molecule has 0 atom stereocenters. The molecule has 1 heterocycles. The van der Waals surface area contributed by atoms with Gasteiger partial charge in [-0.05, 0) is 37.0 Å². The highest BCUT2D eigenvalue weighted by Crippen LogP contribution is 2.23. The van der Waals surface area contributed by atoms with Crippen molar-refractivity contribution in [2.75, 3.05) is 7.05 Å². The van der Waals surface area contributed by atoms with Gasteiger partial charge in [0.1, 0.15) is 0 Å². The first-order valence-electron chi connectivity index (χ1n) is 7.77. The van der Waals surface area contributed by atoms with Crippen LogP contribution in [0, 0.1) is 4.77 Å². The molecule has 3 aromatic rings. The van der Waals surface area contributed by atoms with Crippen molar-refractivity contribution >= 4 is 35.4 Å². The second-order valence-corrected chi connectivity index (χ2v) is 7.11. The van der Waals surface area contributed by atoms with Gasteiger partial charge in [0.2, 0.25) is 0 Å². The summed E-state index contributed by atoms with van der Waals surface area (Å²) in [6.07, 6.45) is 0. The summed E-state index contributed by atoms with van der Waals surface area (Å²) in [6.45, 7) is 1.30. The molecule has 0 amide bonds. The van der Waals surface area contributed by atoms with Crippen LogP contribution in [0.15, 0.2) is 48.5 Å². The summed E-state index contributed by atoms with van der Waals surface area (Å²) in [7, 11) is 3.95. The van der Waals surface area contributed by atoms with E-state index in [4.69, 9.17) is 35.4 Å². The fourth-order valence-corrected chi connectivity index (χ4v) is 3.15. The van der Waals surface area contributed by atoms with E-state index in [-0.39, 0.29) is 0 Å². The molecule has 0 N–H and O–H groups in total. The van der Waals surface area contributed by atoms with Gasteiger partial charge in [0.05, 0.1) is 16.7 Å². The maximum absolute atomic E-state index is 6.09. The highest BCUT2D eigenvalue weighted by atomic mass is 35.5. The molecule has 0 saturated heterocycles. The van der Waals surface area contributed by atoms with E-state index in [1.54, 1.807) is 0 Å². The van der Waals surface area contributed by atoms with E-state index in [2.05, 4.69) is 10.00 Å². The molecular formula is C18H18Cl2N4S. The molecule has 0 aliphatic heterocycles. The number of rotatable bonds is 5. The zero-order chi connectivity index (χ0) is 18.0. The SMILES string of the molecule is CN(Cc1ccc(Cl)c(Cl)c1)Cn1nc(-c2ccccc2)n(C)c1=S. The lowest BCUT2D eigenvalue weighted by molar-refractivity contribution is 0.244. The smallest absolute Gasteiger partial charge is 0.199 e. The quantitative estimate of drug-likeness (QED) is 0.570. The van der Waals surface area contributed by atoms with Gasteiger partial charge in [-0.15, -0.1) is 0 Å². The predicted molar refractivity (Wildman–Crippen MR) is 105 cm³/mol. The van der Waals surface area contributed by atoms with Gasteiger partial charge >= 0.3 is 0 Å². The maximum Gasteiger partial charge on any atom is 0.199 e. The molecule has 0 fully saturated rings. The third-order valence-corrected chi connectivity index (χ3v) is 5.11. The summed E-state index contributed by atoms with van der Waals surface area (Å²) < 4.78 is 4.44. The number of hydrogen-bond acceptors (Lipinski definition) is 3. The Morgan fingerprint density at radius 1 is 1.08 bits per heavy atom. The Morgan fingerprint density at radius 3 is 2.48 bits per heavy atom. The van der Waals surface area contributed by atoms with E-state index in [9.17, 15) is 0 Å². The van der Waals surface area contributed by atoms with Crippen molar-refractivity contribution in [3.63, 3.8) is 0 Å². The third kappa shape index (κ3) is 4.12. The van der Waals surface area contributed by atoms with E-state index in [0.29, 0.717) is 21.5 Å². The van der Waals surface area contributed by atoms with Crippen molar-refractivity contribution in [3.05, 3.63) is 68.9 Å². The van der Waals surface area contributed by atoms with Crippen LogP contribution in [0.4, 0.5) is 0 Å². The Morgan fingerprint density at radius 2 is 1.80 bits per heavy atom. The van der Waals surface area contributed by atoms with Crippen LogP contribution < -0.4 is 0 Å². The minimum absolute atomic E-state index is 0.563. The van der Waals surface area contributed by atoms with Gasteiger partial charge in [-0.1, -0.05) is 59.6 Å². The summed E-state index contributed by atoms with van der Waals surface area (Å²) in [4.78, 5) is 2.12. The number of nitrogens with zero attached hydrogens (tertiary/aromatic N) is 4. The Hall–Kier alpha value is -1.66. The molecule has 130 valence electrons. The Labute approximate surface area is 162 Å². The fraction of sp³-hybridized carbons (Fsp3) is 0.222. The number of hydrogen-bond donors (Lipinski definition) is 0. The van der Waals surface area contributed by atoms with Gasteiger partial charge in [-0.2, -0.15) is 5.10 Å². The van der Waals surface area contributed by atoms with Gasteiger partial charge in [-0.3, -0.25) is 4.90 Å². The van der Waals surface area contributed by atoms with Gasteiger partial charge in [0.15, 0.2) is 10.6 Å². The third-order valence-electron chi connectivity index (χ3n) is 3.88. The van der Waals surface area contributed by atoms with Crippen LogP contribution in [-0.2, 0) is 20.3 Å². The molecule has 7 heteroatoms. The second-order valence-electron chi connectivity index (χ2n) is 5.93. The van der Waals surface area contributed by atoms with E-state index >= 15 is 0 Å². The van der Waals surface area contributed by atoms with Crippen LogP contribution in [0.25, 0.3) is 11.4 Å². The molecule has 0 spiro atoms. The van der Waals surface area contributed by atoms with Crippen LogP contribution in [0.3, 0.4) is 0 Å². The Kier molecular flexibility index (Phi) is 5.59. The molecule has 0 saturated carbocycles. The first kappa shape index (κ1) is 18.1. The monoisotopic (exact) mass is 392 g/mol. The fourth-order valence-electron chi connectivity index (χ4n) is 2.65. The van der Waals surface area contributed by atoms with Crippen molar-refractivity contribution in [3.8, 4) is 11.4 Å². The van der Waals surface area contributed by atoms with Crippen molar-refractivity contribution < 1.29 is 0 Å². The molecular weight excluding hydrogens is 375 g/mol. The van der Waals surface area contributed by atoms with Crippen LogP contribution in [0.5, 0.6) is 0 Å². The topological polar surface area (TPSA) is 26.0 Å². The Bertz CT molecular complexity index is 934. The van der Waals surface area contributed by atoms with Crippen LogP contribution in [0.1, 0.15) is 5.56 Å². The largest absolute Gasteiger partial charge is 0.303 e. The average Bonchev–Trinajstić information content (AvgIpc) is 2.87. The van der Waals surface area contributed by atoms with E-state index < -0.39 is 0 Å². The van der Waals surface area contributed by atoms with Gasteiger partial charge in [0, 0.05) is 19.2 Å². The van der Waals surface area contributed by atoms with E-state index in [1.807, 2.05) is 71.9 Å². The zero-order valence-electron chi connectivity index (χ0n) is 14.0. The minimum atomic E-state index is 0.563. The predicted octanol–water partition coefficient (Wildman–Crippen LogP) is 5.01.